The molecule has 8 heteroatoms. The highest BCUT2D eigenvalue weighted by molar-refractivity contribution is 7.87. The van der Waals surface area contributed by atoms with Crippen molar-refractivity contribution in [2.45, 2.75) is 4.90 Å². The molecule has 0 aliphatic heterocycles. The van der Waals surface area contributed by atoms with E-state index in [0.29, 0.717) is 11.5 Å². The highest BCUT2D eigenvalue weighted by Crippen LogP contribution is 2.37. The molecule has 0 aliphatic rings. The van der Waals surface area contributed by atoms with Crippen molar-refractivity contribution in [1.29, 1.82) is 5.39 Å². The van der Waals surface area contributed by atoms with Crippen LogP contribution in [0.4, 0.5) is 5.69 Å². The third-order valence-corrected chi connectivity index (χ3v) is 5.66. The zero-order chi connectivity index (χ0) is 21.1. The van der Waals surface area contributed by atoms with Crippen LogP contribution >= 0.6 is 0 Å². The molecule has 4 aromatic rings. The van der Waals surface area contributed by atoms with Gasteiger partial charge in [0.2, 0.25) is 11.1 Å². The van der Waals surface area contributed by atoms with Crippen LogP contribution in [0.1, 0.15) is 0 Å². The van der Waals surface area contributed by atoms with Crippen LogP contribution in [-0.2, 0) is 10.1 Å². The molecule has 0 aromatic heterocycles. The number of hydrogen-bond acceptors (Lipinski definition) is 6. The fourth-order valence-corrected chi connectivity index (χ4v) is 4.11. The molecule has 0 unspecified atom stereocenters. The predicted octanol–water partition coefficient (Wildman–Crippen LogP) is 5.59. The molecule has 0 radical (unpaired) electrons. The Kier molecular flexibility index (Phi) is 4.96. The van der Waals surface area contributed by atoms with Gasteiger partial charge in [-0.2, -0.15) is 8.42 Å². The summed E-state index contributed by atoms with van der Waals surface area (Å²) in [6.07, 6.45) is 0. The molecule has 0 atom stereocenters. The van der Waals surface area contributed by atoms with Crippen molar-refractivity contribution in [3.63, 3.8) is 0 Å². The lowest BCUT2D eigenvalue weighted by molar-refractivity contribution is 0.474. The van der Waals surface area contributed by atoms with Gasteiger partial charge in [-0.1, -0.05) is 30.3 Å². The number of nitrogens with zero attached hydrogens (tertiary/aromatic N) is 2. The zero-order valence-corrected chi connectivity index (χ0v) is 16.3. The van der Waals surface area contributed by atoms with Crippen molar-refractivity contribution in [1.82, 2.24) is 0 Å². The fourth-order valence-electron chi connectivity index (χ4n) is 2.96. The summed E-state index contributed by atoms with van der Waals surface area (Å²) in [6.45, 7) is 0. The maximum Gasteiger partial charge on any atom is 0.426 e. The Hall–Kier alpha value is -4.09. The first-order valence-corrected chi connectivity index (χ1v) is 10.3. The van der Waals surface area contributed by atoms with Crippen LogP contribution in [0, 0.1) is 5.39 Å². The molecule has 30 heavy (non-hydrogen) atoms. The lowest BCUT2D eigenvalue weighted by Crippen LogP contribution is -2.10. The normalized spacial score (nSPS) is 11.0. The van der Waals surface area contributed by atoms with Crippen molar-refractivity contribution in [2.75, 3.05) is 0 Å². The minimum absolute atomic E-state index is 0.0630. The molecule has 0 amide bonds. The summed E-state index contributed by atoms with van der Waals surface area (Å²) in [7, 11) is -4.19. The summed E-state index contributed by atoms with van der Waals surface area (Å²) in [4.78, 5) is 2.85. The Morgan fingerprint density at radius 2 is 1.40 bits per heavy atom. The van der Waals surface area contributed by atoms with E-state index in [1.165, 1.54) is 42.5 Å². The molecular weight excluding hydrogens is 404 g/mol. The van der Waals surface area contributed by atoms with Gasteiger partial charge in [0, 0.05) is 16.8 Å². The van der Waals surface area contributed by atoms with E-state index < -0.39 is 10.1 Å². The van der Waals surface area contributed by atoms with Crippen LogP contribution in [0.2, 0.25) is 0 Å². The maximum absolute atomic E-state index is 12.8. The van der Waals surface area contributed by atoms with Crippen molar-refractivity contribution in [2.24, 2.45) is 0 Å². The van der Waals surface area contributed by atoms with Gasteiger partial charge in [-0.3, -0.25) is 0 Å². The molecular formula is C22H15N2O5S+. The largest absolute Gasteiger partial charge is 0.501 e. The number of para-hydroxylation sites is 1. The second-order valence-corrected chi connectivity index (χ2v) is 7.82. The number of ether oxygens (including phenoxy) is 1. The number of rotatable bonds is 5. The molecule has 4 rings (SSSR count). The van der Waals surface area contributed by atoms with Gasteiger partial charge in [-0.25, -0.2) is 0 Å². The SMILES string of the molecule is N#[N+]c1ccc2c(S(=O)(=O)Oc3ccc(Oc4ccccc4)cc3)cccc2c1O. The van der Waals surface area contributed by atoms with Crippen molar-refractivity contribution >= 4 is 26.6 Å². The molecule has 0 bridgehead atoms. The van der Waals surface area contributed by atoms with Crippen molar-refractivity contribution in [3.05, 3.63) is 89.9 Å². The Morgan fingerprint density at radius 3 is 2.10 bits per heavy atom. The predicted molar refractivity (Wildman–Crippen MR) is 111 cm³/mol. The minimum atomic E-state index is -4.19. The van der Waals surface area contributed by atoms with E-state index in [1.807, 2.05) is 18.2 Å². The molecule has 148 valence electrons. The standard InChI is InChI=1S/C22H14N2O5S/c23-24-20-14-13-18-19(22(20)25)7-4-8-21(18)30(26,27)29-17-11-9-16(10-12-17)28-15-5-2-1-3-6-15/h1-14H/p+1. The first kappa shape index (κ1) is 19.2. The van der Waals surface area contributed by atoms with E-state index in [1.54, 1.807) is 24.3 Å². The van der Waals surface area contributed by atoms with Crippen LogP contribution < -0.4 is 8.92 Å². The van der Waals surface area contributed by atoms with Gasteiger partial charge < -0.3 is 14.0 Å². The zero-order valence-electron chi connectivity index (χ0n) is 15.5. The average Bonchev–Trinajstić information content (AvgIpc) is 2.76. The summed E-state index contributed by atoms with van der Waals surface area (Å²) in [5.41, 5.74) is -0.0630. The monoisotopic (exact) mass is 419 g/mol. The number of benzene rings is 4. The Labute approximate surface area is 172 Å². The van der Waals surface area contributed by atoms with Crippen LogP contribution in [-0.4, -0.2) is 13.5 Å². The van der Waals surface area contributed by atoms with Gasteiger partial charge in [0.25, 0.3) is 0 Å². The summed E-state index contributed by atoms with van der Waals surface area (Å²) < 4.78 is 36.6. The first-order chi connectivity index (χ1) is 14.5. The van der Waals surface area contributed by atoms with Gasteiger partial charge in [-0.15, -0.1) is 0 Å². The molecule has 1 N–H and O–H groups in total. The second-order valence-electron chi connectivity index (χ2n) is 6.31. The topological polar surface area (TPSA) is 101 Å². The van der Waals surface area contributed by atoms with Crippen molar-refractivity contribution < 1.29 is 22.4 Å². The molecule has 7 nitrogen and oxygen atoms in total. The van der Waals surface area contributed by atoms with Crippen molar-refractivity contribution in [3.8, 4) is 23.0 Å². The van der Waals surface area contributed by atoms with E-state index in [-0.39, 0.29) is 32.9 Å². The molecule has 0 aliphatic carbocycles. The molecule has 0 heterocycles. The minimum Gasteiger partial charge on any atom is -0.501 e. The van der Waals surface area contributed by atoms with Gasteiger partial charge in [0.05, 0.1) is 0 Å². The van der Waals surface area contributed by atoms with Gasteiger partial charge >= 0.3 is 15.8 Å². The molecule has 0 saturated carbocycles. The van der Waals surface area contributed by atoms with Crippen LogP contribution in [0.5, 0.6) is 23.0 Å². The van der Waals surface area contributed by atoms with E-state index >= 15 is 0 Å². The number of phenols is 1. The fraction of sp³-hybridized carbons (Fsp3) is 0. The molecule has 0 fully saturated rings. The highest BCUT2D eigenvalue weighted by Gasteiger charge is 2.24. The molecule has 0 saturated heterocycles. The third kappa shape index (κ3) is 3.74. The van der Waals surface area contributed by atoms with E-state index in [9.17, 15) is 13.5 Å². The summed E-state index contributed by atoms with van der Waals surface area (Å²) >= 11 is 0. The van der Waals surface area contributed by atoms with Crippen LogP contribution in [0.15, 0.2) is 89.8 Å². The number of hydrogen-bond donors (Lipinski definition) is 1. The quantitative estimate of drug-likeness (QED) is 0.334. The summed E-state index contributed by atoms with van der Waals surface area (Å²) in [5.74, 6) is 0.970. The summed E-state index contributed by atoms with van der Waals surface area (Å²) in [6, 6.07) is 22.5. The Morgan fingerprint density at radius 1 is 0.733 bits per heavy atom. The van der Waals surface area contributed by atoms with Crippen LogP contribution in [0.25, 0.3) is 15.7 Å². The number of diazo groups is 1. The number of fused-ring (bicyclic) bond motifs is 1. The lowest BCUT2D eigenvalue weighted by Gasteiger charge is -2.10. The smallest absolute Gasteiger partial charge is 0.426 e. The second kappa shape index (κ2) is 7.73. The van der Waals surface area contributed by atoms with Gasteiger partial charge in [0.15, 0.2) is 4.98 Å². The van der Waals surface area contributed by atoms with Gasteiger partial charge in [0.1, 0.15) is 22.1 Å². The van der Waals surface area contributed by atoms with Gasteiger partial charge in [-0.05, 0) is 48.5 Å². The Balaban J connectivity index is 1.62. The number of aromatic hydroxyl groups is 1. The third-order valence-electron chi connectivity index (χ3n) is 4.36. The summed E-state index contributed by atoms with van der Waals surface area (Å²) in [5, 5.41) is 19.6. The molecule has 4 aromatic carbocycles. The molecule has 0 spiro atoms. The average molecular weight is 419 g/mol. The highest BCUT2D eigenvalue weighted by atomic mass is 32.2. The lowest BCUT2D eigenvalue weighted by atomic mass is 10.1. The maximum atomic E-state index is 12.8. The van der Waals surface area contributed by atoms with E-state index in [2.05, 4.69) is 4.98 Å². The van der Waals surface area contributed by atoms with Crippen LogP contribution in [0.3, 0.4) is 0 Å². The van der Waals surface area contributed by atoms with E-state index in [4.69, 9.17) is 14.3 Å². The first-order valence-electron chi connectivity index (χ1n) is 8.85. The number of phenolic OH excluding ortho intramolecular Hbond substituents is 1. The Bertz CT molecular complexity index is 1360. The van der Waals surface area contributed by atoms with E-state index in [0.717, 1.165) is 0 Å².